The molecule has 0 spiro atoms. The summed E-state index contributed by atoms with van der Waals surface area (Å²) >= 11 is 12.2. The Bertz CT molecular complexity index is 884. The number of benzene rings is 2. The number of esters is 1. The number of carbonyl (C=O) groups is 1. The average Bonchev–Trinajstić information content (AvgIpc) is 2.93. The Morgan fingerprint density at radius 3 is 2.46 bits per heavy atom. The first-order valence-corrected chi connectivity index (χ1v) is 8.49. The first-order valence-electron chi connectivity index (χ1n) is 7.74. The Morgan fingerprint density at radius 2 is 1.79 bits per heavy atom. The molecule has 124 valence electrons. The van der Waals surface area contributed by atoms with Crippen molar-refractivity contribution >= 4 is 40.1 Å². The van der Waals surface area contributed by atoms with Crippen molar-refractivity contribution in [1.82, 2.24) is 4.57 Å². The number of nitrogens with zero attached hydrogens (tertiary/aromatic N) is 1. The fourth-order valence-electron chi connectivity index (χ4n) is 2.78. The highest BCUT2D eigenvalue weighted by atomic mass is 35.5. The second-order valence-electron chi connectivity index (χ2n) is 5.55. The van der Waals surface area contributed by atoms with E-state index in [1.807, 2.05) is 60.2 Å². The molecule has 1 heterocycles. The second-order valence-corrected chi connectivity index (χ2v) is 6.42. The Labute approximate surface area is 150 Å². The largest absolute Gasteiger partial charge is 0.464 e. The molecule has 0 N–H and O–H groups in total. The Kier molecular flexibility index (Phi) is 4.83. The van der Waals surface area contributed by atoms with Crippen molar-refractivity contribution in [2.24, 2.45) is 0 Å². The fraction of sp³-hybridized carbons (Fsp3) is 0.211. The second kappa shape index (κ2) is 6.88. The fourth-order valence-corrected chi connectivity index (χ4v) is 3.07. The van der Waals surface area contributed by atoms with Gasteiger partial charge in [-0.15, -0.1) is 0 Å². The highest BCUT2D eigenvalue weighted by Crippen LogP contribution is 2.34. The van der Waals surface area contributed by atoms with Gasteiger partial charge in [0.2, 0.25) is 0 Å². The maximum Gasteiger partial charge on any atom is 0.328 e. The van der Waals surface area contributed by atoms with Crippen LogP contribution in [0.2, 0.25) is 10.0 Å². The zero-order chi connectivity index (χ0) is 17.3. The van der Waals surface area contributed by atoms with E-state index in [9.17, 15) is 4.79 Å². The van der Waals surface area contributed by atoms with Crippen molar-refractivity contribution in [3.05, 3.63) is 58.7 Å². The van der Waals surface area contributed by atoms with Crippen LogP contribution in [0.25, 0.3) is 22.0 Å². The molecule has 0 saturated carbocycles. The van der Waals surface area contributed by atoms with Crippen LogP contribution in [0.1, 0.15) is 19.9 Å². The number of halogens is 2. The molecule has 0 amide bonds. The SMILES string of the molecule is CCOC(=O)C(C)n1cc(-c2ccc(Cl)cc2)c2ccc(Cl)cc21. The summed E-state index contributed by atoms with van der Waals surface area (Å²) in [5, 5.41) is 2.34. The van der Waals surface area contributed by atoms with Gasteiger partial charge in [-0.05, 0) is 43.7 Å². The van der Waals surface area contributed by atoms with Gasteiger partial charge in [-0.3, -0.25) is 0 Å². The maximum atomic E-state index is 12.2. The molecule has 0 radical (unpaired) electrons. The minimum absolute atomic E-state index is 0.267. The molecule has 1 aromatic heterocycles. The standard InChI is InChI=1S/C19H17Cl2NO2/c1-3-24-19(23)12(2)22-11-17(13-4-6-14(20)7-5-13)16-9-8-15(21)10-18(16)22/h4-12H,3H2,1-2H3. The van der Waals surface area contributed by atoms with Gasteiger partial charge in [-0.2, -0.15) is 0 Å². The third kappa shape index (κ3) is 3.14. The summed E-state index contributed by atoms with van der Waals surface area (Å²) in [5.74, 6) is -0.267. The molecular weight excluding hydrogens is 345 g/mol. The van der Waals surface area contributed by atoms with Gasteiger partial charge in [0.1, 0.15) is 6.04 Å². The van der Waals surface area contributed by atoms with Crippen molar-refractivity contribution in [2.75, 3.05) is 6.61 Å². The minimum Gasteiger partial charge on any atom is -0.464 e. The lowest BCUT2D eigenvalue weighted by Gasteiger charge is -2.13. The zero-order valence-corrected chi connectivity index (χ0v) is 14.9. The summed E-state index contributed by atoms with van der Waals surface area (Å²) in [6.45, 7) is 3.98. The normalized spacial score (nSPS) is 12.3. The number of fused-ring (bicyclic) bond motifs is 1. The Morgan fingerprint density at radius 1 is 1.12 bits per heavy atom. The van der Waals surface area contributed by atoms with Crippen LogP contribution in [-0.4, -0.2) is 17.1 Å². The van der Waals surface area contributed by atoms with E-state index < -0.39 is 6.04 Å². The summed E-state index contributed by atoms with van der Waals surface area (Å²) in [6, 6.07) is 12.9. The van der Waals surface area contributed by atoms with Gasteiger partial charge in [0.05, 0.1) is 12.1 Å². The van der Waals surface area contributed by atoms with Crippen LogP contribution in [0.3, 0.4) is 0 Å². The molecule has 0 bridgehead atoms. The van der Waals surface area contributed by atoms with Gasteiger partial charge in [-0.25, -0.2) is 4.79 Å². The molecule has 2 aromatic carbocycles. The molecule has 24 heavy (non-hydrogen) atoms. The quantitative estimate of drug-likeness (QED) is 0.554. The van der Waals surface area contributed by atoms with Crippen molar-refractivity contribution < 1.29 is 9.53 Å². The molecule has 1 atom stereocenters. The molecule has 3 aromatic rings. The predicted octanol–water partition coefficient (Wildman–Crippen LogP) is 5.74. The highest BCUT2D eigenvalue weighted by molar-refractivity contribution is 6.31. The lowest BCUT2D eigenvalue weighted by Crippen LogP contribution is -2.18. The number of hydrogen-bond acceptors (Lipinski definition) is 2. The van der Waals surface area contributed by atoms with Gasteiger partial charge < -0.3 is 9.30 Å². The van der Waals surface area contributed by atoms with Crippen molar-refractivity contribution in [3.63, 3.8) is 0 Å². The molecule has 0 aliphatic carbocycles. The lowest BCUT2D eigenvalue weighted by atomic mass is 10.1. The summed E-state index contributed by atoms with van der Waals surface area (Å²) in [5.41, 5.74) is 2.95. The number of carbonyl (C=O) groups excluding carboxylic acids is 1. The third-order valence-corrected chi connectivity index (χ3v) is 4.48. The molecule has 5 heteroatoms. The van der Waals surface area contributed by atoms with Gasteiger partial charge in [0.25, 0.3) is 0 Å². The van der Waals surface area contributed by atoms with Gasteiger partial charge in [-0.1, -0.05) is 41.4 Å². The summed E-state index contributed by atoms with van der Waals surface area (Å²) in [4.78, 5) is 12.2. The Balaban J connectivity index is 2.18. The van der Waals surface area contributed by atoms with E-state index in [0.717, 1.165) is 22.0 Å². The van der Waals surface area contributed by atoms with Crippen LogP contribution in [0.4, 0.5) is 0 Å². The molecular formula is C19H17Cl2NO2. The van der Waals surface area contributed by atoms with E-state index in [4.69, 9.17) is 27.9 Å². The molecule has 3 rings (SSSR count). The average molecular weight is 362 g/mol. The van der Waals surface area contributed by atoms with E-state index in [2.05, 4.69) is 0 Å². The van der Waals surface area contributed by atoms with E-state index in [0.29, 0.717) is 16.7 Å². The first kappa shape index (κ1) is 16.9. The summed E-state index contributed by atoms with van der Waals surface area (Å²) in [7, 11) is 0. The maximum absolute atomic E-state index is 12.2. The smallest absolute Gasteiger partial charge is 0.328 e. The first-order chi connectivity index (χ1) is 11.5. The van der Waals surface area contributed by atoms with Crippen molar-refractivity contribution in [1.29, 1.82) is 0 Å². The van der Waals surface area contributed by atoms with Crippen LogP contribution in [0.15, 0.2) is 48.7 Å². The van der Waals surface area contributed by atoms with E-state index in [1.165, 1.54) is 0 Å². The van der Waals surface area contributed by atoms with E-state index >= 15 is 0 Å². The van der Waals surface area contributed by atoms with Crippen LogP contribution >= 0.6 is 23.2 Å². The summed E-state index contributed by atoms with van der Waals surface area (Å²) in [6.07, 6.45) is 1.96. The van der Waals surface area contributed by atoms with Crippen LogP contribution in [0.5, 0.6) is 0 Å². The number of aromatic nitrogens is 1. The predicted molar refractivity (Wildman–Crippen MR) is 98.7 cm³/mol. The highest BCUT2D eigenvalue weighted by Gasteiger charge is 2.20. The molecule has 0 aliphatic heterocycles. The topological polar surface area (TPSA) is 31.2 Å². The Hall–Kier alpha value is -1.97. The number of rotatable bonds is 4. The number of hydrogen-bond donors (Lipinski definition) is 0. The van der Waals surface area contributed by atoms with Gasteiger partial charge in [0, 0.05) is 27.2 Å². The molecule has 0 aliphatic rings. The van der Waals surface area contributed by atoms with Crippen LogP contribution in [-0.2, 0) is 9.53 Å². The molecule has 0 fully saturated rings. The van der Waals surface area contributed by atoms with Gasteiger partial charge >= 0.3 is 5.97 Å². The van der Waals surface area contributed by atoms with Crippen molar-refractivity contribution in [3.8, 4) is 11.1 Å². The summed E-state index contributed by atoms with van der Waals surface area (Å²) < 4.78 is 7.06. The molecule has 3 nitrogen and oxygen atoms in total. The lowest BCUT2D eigenvalue weighted by molar-refractivity contribution is -0.146. The third-order valence-electron chi connectivity index (χ3n) is 4.00. The van der Waals surface area contributed by atoms with Gasteiger partial charge in [0.15, 0.2) is 0 Å². The van der Waals surface area contributed by atoms with E-state index in [-0.39, 0.29) is 5.97 Å². The zero-order valence-electron chi connectivity index (χ0n) is 13.4. The minimum atomic E-state index is -0.438. The molecule has 0 saturated heterocycles. The number of ether oxygens (including phenoxy) is 1. The van der Waals surface area contributed by atoms with E-state index in [1.54, 1.807) is 6.92 Å². The van der Waals surface area contributed by atoms with Crippen molar-refractivity contribution in [2.45, 2.75) is 19.9 Å². The van der Waals surface area contributed by atoms with Crippen LogP contribution < -0.4 is 0 Å². The van der Waals surface area contributed by atoms with Crippen LogP contribution in [0, 0.1) is 0 Å². The molecule has 1 unspecified atom stereocenters. The monoisotopic (exact) mass is 361 g/mol.